The highest BCUT2D eigenvalue weighted by Crippen LogP contribution is 2.30. The van der Waals surface area contributed by atoms with Gasteiger partial charge in [-0.25, -0.2) is 4.39 Å². The smallest absolute Gasteiger partial charge is 0.126 e. The van der Waals surface area contributed by atoms with E-state index in [1.165, 1.54) is 5.56 Å². The SMILES string of the molecule is Cc1c(F)cccc1C1CCN(C)CC1. The topological polar surface area (TPSA) is 3.24 Å². The van der Waals surface area contributed by atoms with Crippen LogP contribution in [-0.4, -0.2) is 25.0 Å². The zero-order valence-corrected chi connectivity index (χ0v) is 9.46. The Morgan fingerprint density at radius 3 is 2.60 bits per heavy atom. The molecule has 2 rings (SSSR count). The first-order chi connectivity index (χ1) is 7.18. The fourth-order valence-electron chi connectivity index (χ4n) is 2.39. The third-order valence-electron chi connectivity index (χ3n) is 3.47. The van der Waals surface area contributed by atoms with Crippen LogP contribution in [0.4, 0.5) is 4.39 Å². The van der Waals surface area contributed by atoms with Crippen LogP contribution in [0.5, 0.6) is 0 Å². The third kappa shape index (κ3) is 2.20. The molecule has 1 aliphatic rings. The molecule has 0 spiro atoms. The zero-order chi connectivity index (χ0) is 10.8. The Hall–Kier alpha value is -0.890. The van der Waals surface area contributed by atoms with Crippen molar-refractivity contribution < 1.29 is 4.39 Å². The van der Waals surface area contributed by atoms with Gasteiger partial charge in [-0.05, 0) is 63.0 Å². The molecule has 0 N–H and O–H groups in total. The van der Waals surface area contributed by atoms with Gasteiger partial charge < -0.3 is 4.90 Å². The number of nitrogens with zero attached hydrogens (tertiary/aromatic N) is 1. The quantitative estimate of drug-likeness (QED) is 0.684. The Balaban J connectivity index is 2.19. The summed E-state index contributed by atoms with van der Waals surface area (Å²) in [4.78, 5) is 2.34. The minimum atomic E-state index is -0.0635. The molecule has 0 unspecified atom stereocenters. The van der Waals surface area contributed by atoms with E-state index in [0.717, 1.165) is 31.5 Å². The highest BCUT2D eigenvalue weighted by Gasteiger charge is 2.20. The molecule has 1 aliphatic heterocycles. The van der Waals surface area contributed by atoms with Crippen LogP contribution in [0.2, 0.25) is 0 Å². The van der Waals surface area contributed by atoms with Crippen molar-refractivity contribution in [1.82, 2.24) is 4.90 Å². The largest absolute Gasteiger partial charge is 0.306 e. The summed E-state index contributed by atoms with van der Waals surface area (Å²) in [6.45, 7) is 4.14. The molecule has 1 saturated heterocycles. The lowest BCUT2D eigenvalue weighted by atomic mass is 9.87. The molecule has 1 heterocycles. The maximum Gasteiger partial charge on any atom is 0.126 e. The fourth-order valence-corrected chi connectivity index (χ4v) is 2.39. The van der Waals surface area contributed by atoms with E-state index in [0.29, 0.717) is 5.92 Å². The molecule has 0 bridgehead atoms. The molecule has 1 fully saturated rings. The average molecular weight is 207 g/mol. The van der Waals surface area contributed by atoms with Crippen molar-refractivity contribution >= 4 is 0 Å². The van der Waals surface area contributed by atoms with Crippen LogP contribution in [0.15, 0.2) is 18.2 Å². The van der Waals surface area contributed by atoms with E-state index in [9.17, 15) is 4.39 Å². The van der Waals surface area contributed by atoms with Crippen LogP contribution in [0, 0.1) is 12.7 Å². The maximum atomic E-state index is 13.4. The van der Waals surface area contributed by atoms with Crippen molar-refractivity contribution in [2.75, 3.05) is 20.1 Å². The second kappa shape index (κ2) is 4.31. The Labute approximate surface area is 90.9 Å². The zero-order valence-electron chi connectivity index (χ0n) is 9.46. The first-order valence-corrected chi connectivity index (χ1v) is 5.62. The average Bonchev–Trinajstić information content (AvgIpc) is 2.24. The van der Waals surface area contributed by atoms with Crippen molar-refractivity contribution in [2.45, 2.75) is 25.7 Å². The first kappa shape index (κ1) is 10.6. The molecule has 0 atom stereocenters. The number of benzene rings is 1. The first-order valence-electron chi connectivity index (χ1n) is 5.62. The van der Waals surface area contributed by atoms with Crippen molar-refractivity contribution in [3.63, 3.8) is 0 Å². The molecule has 15 heavy (non-hydrogen) atoms. The number of rotatable bonds is 1. The minimum Gasteiger partial charge on any atom is -0.306 e. The fraction of sp³-hybridized carbons (Fsp3) is 0.538. The number of hydrogen-bond acceptors (Lipinski definition) is 1. The molecule has 0 radical (unpaired) electrons. The molecular formula is C13H18FN. The lowest BCUT2D eigenvalue weighted by molar-refractivity contribution is 0.255. The van der Waals surface area contributed by atoms with Gasteiger partial charge >= 0.3 is 0 Å². The number of halogens is 1. The van der Waals surface area contributed by atoms with Gasteiger partial charge in [-0.2, -0.15) is 0 Å². The number of hydrogen-bond donors (Lipinski definition) is 0. The lowest BCUT2D eigenvalue weighted by Gasteiger charge is -2.30. The summed E-state index contributed by atoms with van der Waals surface area (Å²) in [5.41, 5.74) is 2.05. The Morgan fingerprint density at radius 2 is 1.93 bits per heavy atom. The predicted molar refractivity (Wildman–Crippen MR) is 60.6 cm³/mol. The minimum absolute atomic E-state index is 0.0635. The van der Waals surface area contributed by atoms with Crippen molar-refractivity contribution in [2.24, 2.45) is 0 Å². The molecule has 0 saturated carbocycles. The van der Waals surface area contributed by atoms with Gasteiger partial charge in [-0.1, -0.05) is 12.1 Å². The molecule has 1 aromatic carbocycles. The molecular weight excluding hydrogens is 189 g/mol. The Morgan fingerprint density at radius 1 is 1.27 bits per heavy atom. The van der Waals surface area contributed by atoms with Gasteiger partial charge in [0.05, 0.1) is 0 Å². The van der Waals surface area contributed by atoms with E-state index in [-0.39, 0.29) is 5.82 Å². The van der Waals surface area contributed by atoms with E-state index < -0.39 is 0 Å². The van der Waals surface area contributed by atoms with Gasteiger partial charge in [0.1, 0.15) is 5.82 Å². The van der Waals surface area contributed by atoms with Gasteiger partial charge in [0.2, 0.25) is 0 Å². The maximum absolute atomic E-state index is 13.4. The number of likely N-dealkylation sites (tertiary alicyclic amines) is 1. The van der Waals surface area contributed by atoms with E-state index in [1.807, 2.05) is 13.0 Å². The van der Waals surface area contributed by atoms with Crippen LogP contribution < -0.4 is 0 Å². The van der Waals surface area contributed by atoms with E-state index >= 15 is 0 Å². The van der Waals surface area contributed by atoms with Crippen molar-refractivity contribution in [3.8, 4) is 0 Å². The lowest BCUT2D eigenvalue weighted by Crippen LogP contribution is -2.29. The van der Waals surface area contributed by atoms with Crippen LogP contribution >= 0.6 is 0 Å². The van der Waals surface area contributed by atoms with Gasteiger partial charge in [0, 0.05) is 0 Å². The summed E-state index contributed by atoms with van der Waals surface area (Å²) < 4.78 is 13.4. The molecule has 0 amide bonds. The summed E-state index contributed by atoms with van der Waals surface area (Å²) in [5, 5.41) is 0. The summed E-state index contributed by atoms with van der Waals surface area (Å²) >= 11 is 0. The number of piperidine rings is 1. The van der Waals surface area contributed by atoms with Gasteiger partial charge in [-0.15, -0.1) is 0 Å². The molecule has 2 heteroatoms. The van der Waals surface area contributed by atoms with Crippen LogP contribution in [0.1, 0.15) is 29.9 Å². The highest BCUT2D eigenvalue weighted by atomic mass is 19.1. The van der Waals surface area contributed by atoms with Crippen LogP contribution in [0.25, 0.3) is 0 Å². The predicted octanol–water partition coefficient (Wildman–Crippen LogP) is 2.94. The van der Waals surface area contributed by atoms with Crippen molar-refractivity contribution in [1.29, 1.82) is 0 Å². The van der Waals surface area contributed by atoms with E-state index in [2.05, 4.69) is 18.0 Å². The molecule has 0 aliphatic carbocycles. The van der Waals surface area contributed by atoms with Gasteiger partial charge in [0.25, 0.3) is 0 Å². The second-order valence-electron chi connectivity index (χ2n) is 4.53. The Kier molecular flexibility index (Phi) is 3.06. The molecule has 1 nitrogen and oxygen atoms in total. The molecule has 1 aromatic rings. The highest BCUT2D eigenvalue weighted by molar-refractivity contribution is 5.30. The Bertz CT molecular complexity index is 340. The van der Waals surface area contributed by atoms with Crippen LogP contribution in [0.3, 0.4) is 0 Å². The van der Waals surface area contributed by atoms with Gasteiger partial charge in [0.15, 0.2) is 0 Å². The summed E-state index contributed by atoms with van der Waals surface area (Å²) in [5.74, 6) is 0.489. The summed E-state index contributed by atoms with van der Waals surface area (Å²) in [6, 6.07) is 5.46. The summed E-state index contributed by atoms with van der Waals surface area (Å²) in [6.07, 6.45) is 2.31. The third-order valence-corrected chi connectivity index (χ3v) is 3.47. The van der Waals surface area contributed by atoms with E-state index in [4.69, 9.17) is 0 Å². The monoisotopic (exact) mass is 207 g/mol. The molecule has 82 valence electrons. The second-order valence-corrected chi connectivity index (χ2v) is 4.53. The van der Waals surface area contributed by atoms with Gasteiger partial charge in [-0.3, -0.25) is 0 Å². The molecule has 0 aromatic heterocycles. The van der Waals surface area contributed by atoms with E-state index in [1.54, 1.807) is 6.07 Å². The standard InChI is InChI=1S/C13H18FN/c1-10-12(4-3-5-13(10)14)11-6-8-15(2)9-7-11/h3-5,11H,6-9H2,1-2H3. The normalized spacial score (nSPS) is 19.4. The van der Waals surface area contributed by atoms with Crippen molar-refractivity contribution in [3.05, 3.63) is 35.1 Å². The summed E-state index contributed by atoms with van der Waals surface area (Å²) in [7, 11) is 2.15. The van der Waals surface area contributed by atoms with Crippen LogP contribution in [-0.2, 0) is 0 Å².